The van der Waals surface area contributed by atoms with E-state index in [0.717, 1.165) is 35.6 Å². The highest BCUT2D eigenvalue weighted by molar-refractivity contribution is 7.16. The van der Waals surface area contributed by atoms with Gasteiger partial charge in [-0.15, -0.1) is 11.3 Å². The first-order valence-corrected chi connectivity index (χ1v) is 7.48. The van der Waals surface area contributed by atoms with Crippen molar-refractivity contribution in [1.29, 1.82) is 5.26 Å². The van der Waals surface area contributed by atoms with Crippen molar-refractivity contribution in [3.05, 3.63) is 46.3 Å². The molecule has 1 aromatic carbocycles. The van der Waals surface area contributed by atoms with Gasteiger partial charge in [-0.05, 0) is 30.7 Å². The van der Waals surface area contributed by atoms with Crippen molar-refractivity contribution in [3.8, 4) is 6.07 Å². The minimum Gasteiger partial charge on any atom is -0.312 e. The second-order valence-electron chi connectivity index (χ2n) is 4.69. The molecule has 3 N–H and O–H groups in total. The van der Waals surface area contributed by atoms with Gasteiger partial charge in [0.2, 0.25) is 0 Å². The van der Waals surface area contributed by atoms with Crippen molar-refractivity contribution in [2.75, 3.05) is 17.2 Å². The number of urea groups is 1. The van der Waals surface area contributed by atoms with E-state index in [1.165, 1.54) is 11.3 Å². The fraction of sp³-hybridized carbons (Fsp3) is 0.200. The summed E-state index contributed by atoms with van der Waals surface area (Å²) in [6.07, 6.45) is 0.830. The Hall–Kier alpha value is -2.36. The zero-order valence-electron chi connectivity index (χ0n) is 11.3. The van der Waals surface area contributed by atoms with Gasteiger partial charge < -0.3 is 10.6 Å². The number of thiophene rings is 1. The maximum absolute atomic E-state index is 12.0. The summed E-state index contributed by atoms with van der Waals surface area (Å²) in [5, 5.41) is 18.8. The number of hydrogen-bond donors (Lipinski definition) is 3. The molecule has 0 aliphatic carbocycles. The fourth-order valence-corrected chi connectivity index (χ4v) is 3.49. The number of carbonyl (C=O) groups is 1. The van der Waals surface area contributed by atoms with Crippen molar-refractivity contribution in [1.82, 2.24) is 5.32 Å². The van der Waals surface area contributed by atoms with Gasteiger partial charge in [0.15, 0.2) is 0 Å². The number of nitrogens with zero attached hydrogens (tertiary/aromatic N) is 1. The van der Waals surface area contributed by atoms with Gasteiger partial charge >= 0.3 is 6.03 Å². The number of fused-ring (bicyclic) bond motifs is 1. The average Bonchev–Trinajstić information content (AvgIpc) is 2.85. The molecular weight excluding hydrogens is 284 g/mol. The molecule has 2 amide bonds. The van der Waals surface area contributed by atoms with Crippen LogP contribution in [0.3, 0.4) is 0 Å². The molecule has 0 unspecified atom stereocenters. The van der Waals surface area contributed by atoms with Crippen molar-refractivity contribution in [2.24, 2.45) is 0 Å². The van der Waals surface area contributed by atoms with Gasteiger partial charge in [0.25, 0.3) is 0 Å². The molecule has 0 fully saturated rings. The summed E-state index contributed by atoms with van der Waals surface area (Å²) in [7, 11) is 0. The number of nitriles is 1. The Morgan fingerprint density at radius 1 is 1.29 bits per heavy atom. The SMILES string of the molecule is N#Cc1c(NC(=O)Nc2ccccc2)sc2c1CCNC2. The Labute approximate surface area is 126 Å². The van der Waals surface area contributed by atoms with Crippen LogP contribution in [-0.2, 0) is 13.0 Å². The minimum atomic E-state index is -0.329. The summed E-state index contributed by atoms with van der Waals surface area (Å²) >= 11 is 1.47. The molecule has 0 spiro atoms. The molecule has 0 radical (unpaired) electrons. The number of carbonyl (C=O) groups excluding carboxylic acids is 1. The van der Waals surface area contributed by atoms with E-state index in [-0.39, 0.29) is 6.03 Å². The third-order valence-corrected chi connectivity index (χ3v) is 4.45. The molecule has 6 heteroatoms. The second-order valence-corrected chi connectivity index (χ2v) is 5.80. The highest BCUT2D eigenvalue weighted by atomic mass is 32.1. The van der Waals surface area contributed by atoms with E-state index in [9.17, 15) is 10.1 Å². The van der Waals surface area contributed by atoms with E-state index < -0.39 is 0 Å². The molecule has 0 atom stereocenters. The normalized spacial score (nSPS) is 13.1. The summed E-state index contributed by atoms with van der Waals surface area (Å²) in [5.41, 5.74) is 2.38. The maximum atomic E-state index is 12.0. The molecule has 2 heterocycles. The van der Waals surface area contributed by atoms with Crippen molar-refractivity contribution < 1.29 is 4.79 Å². The van der Waals surface area contributed by atoms with E-state index in [1.54, 1.807) is 0 Å². The predicted molar refractivity (Wildman–Crippen MR) is 83.5 cm³/mol. The van der Waals surface area contributed by atoms with Crippen molar-refractivity contribution >= 4 is 28.1 Å². The topological polar surface area (TPSA) is 77.0 Å². The maximum Gasteiger partial charge on any atom is 0.324 e. The van der Waals surface area contributed by atoms with Crippen LogP contribution in [0.5, 0.6) is 0 Å². The first-order valence-electron chi connectivity index (χ1n) is 6.66. The second kappa shape index (κ2) is 5.95. The van der Waals surface area contributed by atoms with Gasteiger partial charge in [-0.1, -0.05) is 18.2 Å². The van der Waals surface area contributed by atoms with Crippen LogP contribution in [0.4, 0.5) is 15.5 Å². The first-order chi connectivity index (χ1) is 10.3. The van der Waals surface area contributed by atoms with Crippen LogP contribution >= 0.6 is 11.3 Å². The van der Waals surface area contributed by atoms with E-state index >= 15 is 0 Å². The summed E-state index contributed by atoms with van der Waals surface area (Å²) in [6.45, 7) is 1.63. The summed E-state index contributed by atoms with van der Waals surface area (Å²) < 4.78 is 0. The molecule has 0 bridgehead atoms. The molecule has 21 heavy (non-hydrogen) atoms. The predicted octanol–water partition coefficient (Wildman–Crippen LogP) is 2.91. The summed E-state index contributed by atoms with van der Waals surface area (Å²) in [4.78, 5) is 13.2. The van der Waals surface area contributed by atoms with Gasteiger partial charge in [-0.25, -0.2) is 4.79 Å². The van der Waals surface area contributed by atoms with Gasteiger partial charge in [-0.2, -0.15) is 5.26 Å². The number of rotatable bonds is 2. The summed E-state index contributed by atoms with van der Waals surface area (Å²) in [6, 6.07) is 11.1. The number of benzene rings is 1. The van der Waals surface area contributed by atoms with Gasteiger partial charge in [0, 0.05) is 17.1 Å². The van der Waals surface area contributed by atoms with E-state index in [2.05, 4.69) is 22.0 Å². The zero-order valence-corrected chi connectivity index (χ0v) is 12.1. The highest BCUT2D eigenvalue weighted by Gasteiger charge is 2.21. The molecule has 1 aromatic heterocycles. The number of amides is 2. The molecule has 3 rings (SSSR count). The first kappa shape index (κ1) is 13.6. The monoisotopic (exact) mass is 298 g/mol. The Morgan fingerprint density at radius 3 is 2.86 bits per heavy atom. The standard InChI is InChI=1S/C15H14N4OS/c16-8-12-11-6-7-17-9-13(11)21-14(12)19-15(20)18-10-4-2-1-3-5-10/h1-5,17H,6-7,9H2,(H2,18,19,20). The van der Waals surface area contributed by atoms with Crippen LogP contribution in [0.25, 0.3) is 0 Å². The van der Waals surface area contributed by atoms with Crippen molar-refractivity contribution in [2.45, 2.75) is 13.0 Å². The van der Waals surface area contributed by atoms with Gasteiger partial charge in [0.1, 0.15) is 11.1 Å². The third-order valence-electron chi connectivity index (χ3n) is 3.30. The lowest BCUT2D eigenvalue weighted by atomic mass is 10.1. The lowest BCUT2D eigenvalue weighted by Gasteiger charge is -2.11. The van der Waals surface area contributed by atoms with Crippen LogP contribution in [-0.4, -0.2) is 12.6 Å². The number of hydrogen-bond acceptors (Lipinski definition) is 4. The largest absolute Gasteiger partial charge is 0.324 e. The van der Waals surface area contributed by atoms with Crippen LogP contribution in [0.2, 0.25) is 0 Å². The molecular formula is C15H14N4OS. The molecule has 5 nitrogen and oxygen atoms in total. The van der Waals surface area contributed by atoms with Crippen LogP contribution in [0.15, 0.2) is 30.3 Å². The van der Waals surface area contributed by atoms with Crippen molar-refractivity contribution in [3.63, 3.8) is 0 Å². The number of anilines is 2. The zero-order chi connectivity index (χ0) is 14.7. The van der Waals surface area contributed by atoms with E-state index in [1.807, 2.05) is 30.3 Å². The fourth-order valence-electron chi connectivity index (χ4n) is 2.33. The molecule has 2 aromatic rings. The quantitative estimate of drug-likeness (QED) is 0.798. The lowest BCUT2D eigenvalue weighted by Crippen LogP contribution is -2.22. The molecule has 1 aliphatic rings. The Kier molecular flexibility index (Phi) is 3.86. The number of nitrogens with one attached hydrogen (secondary N) is 3. The van der Waals surface area contributed by atoms with Gasteiger partial charge in [-0.3, -0.25) is 5.32 Å². The molecule has 0 saturated carbocycles. The Bertz CT molecular complexity index is 702. The van der Waals surface area contributed by atoms with E-state index in [0.29, 0.717) is 10.6 Å². The Balaban J connectivity index is 1.77. The molecule has 106 valence electrons. The van der Waals surface area contributed by atoms with Crippen LogP contribution in [0.1, 0.15) is 16.0 Å². The highest BCUT2D eigenvalue weighted by Crippen LogP contribution is 2.34. The minimum absolute atomic E-state index is 0.329. The molecule has 1 aliphatic heterocycles. The summed E-state index contributed by atoms with van der Waals surface area (Å²) in [5.74, 6) is 0. The Morgan fingerprint density at radius 2 is 2.10 bits per heavy atom. The lowest BCUT2D eigenvalue weighted by molar-refractivity contribution is 0.262. The van der Waals surface area contributed by atoms with Crippen LogP contribution < -0.4 is 16.0 Å². The smallest absolute Gasteiger partial charge is 0.312 e. The number of para-hydroxylation sites is 1. The van der Waals surface area contributed by atoms with Gasteiger partial charge in [0.05, 0.1) is 5.56 Å². The average molecular weight is 298 g/mol. The van der Waals surface area contributed by atoms with E-state index in [4.69, 9.17) is 0 Å². The molecule has 0 saturated heterocycles. The van der Waals surface area contributed by atoms with Crippen LogP contribution in [0, 0.1) is 11.3 Å². The third kappa shape index (κ3) is 2.89.